The van der Waals surface area contributed by atoms with Gasteiger partial charge in [-0.05, 0) is 32.0 Å². The second kappa shape index (κ2) is 5.80. The van der Waals surface area contributed by atoms with Crippen LogP contribution in [0.5, 0.6) is 0 Å². The van der Waals surface area contributed by atoms with Crippen molar-refractivity contribution < 1.29 is 9.13 Å². The van der Waals surface area contributed by atoms with E-state index in [2.05, 4.69) is 5.32 Å². The molecule has 0 bridgehead atoms. The van der Waals surface area contributed by atoms with E-state index in [4.69, 9.17) is 16.3 Å². The van der Waals surface area contributed by atoms with Gasteiger partial charge in [0, 0.05) is 29.2 Å². The zero-order chi connectivity index (χ0) is 12.3. The topological polar surface area (TPSA) is 21.3 Å². The molecular weight excluding hydrogens is 241 g/mol. The molecule has 1 aromatic rings. The number of hydrogen-bond donors (Lipinski definition) is 1. The summed E-state index contributed by atoms with van der Waals surface area (Å²) in [5, 5.41) is 3.62. The summed E-state index contributed by atoms with van der Waals surface area (Å²) in [4.78, 5) is 0. The quantitative estimate of drug-likeness (QED) is 0.898. The van der Waals surface area contributed by atoms with Crippen LogP contribution in [0.25, 0.3) is 0 Å². The van der Waals surface area contributed by atoms with E-state index in [1.54, 1.807) is 12.1 Å². The van der Waals surface area contributed by atoms with E-state index in [9.17, 15) is 4.39 Å². The maximum Gasteiger partial charge on any atom is 0.129 e. The average Bonchev–Trinajstić information content (AvgIpc) is 2.34. The first-order valence-electron chi connectivity index (χ1n) is 5.92. The lowest BCUT2D eigenvalue weighted by Gasteiger charge is -2.30. The summed E-state index contributed by atoms with van der Waals surface area (Å²) in [5.74, 6) is 0.0758. The standard InChI is InChI=1S/C13H17ClFNO/c1-16-13(9-3-2-6-17-8-9)11-5-4-10(14)7-12(11)15/h4-5,7,9,13,16H,2-3,6,8H2,1H3. The summed E-state index contributed by atoms with van der Waals surface area (Å²) in [7, 11) is 1.85. The van der Waals surface area contributed by atoms with Crippen LogP contribution in [0.1, 0.15) is 24.4 Å². The molecule has 1 N–H and O–H groups in total. The molecule has 2 atom stereocenters. The Labute approximate surface area is 106 Å². The van der Waals surface area contributed by atoms with Crippen LogP contribution in [0, 0.1) is 11.7 Å². The third-order valence-corrected chi connectivity index (χ3v) is 3.51. The first-order chi connectivity index (χ1) is 8.22. The highest BCUT2D eigenvalue weighted by atomic mass is 35.5. The van der Waals surface area contributed by atoms with Gasteiger partial charge < -0.3 is 10.1 Å². The predicted molar refractivity (Wildman–Crippen MR) is 66.8 cm³/mol. The van der Waals surface area contributed by atoms with Gasteiger partial charge in [0.25, 0.3) is 0 Å². The molecule has 0 amide bonds. The summed E-state index contributed by atoms with van der Waals surface area (Å²) in [5.41, 5.74) is 0.674. The molecule has 1 aromatic carbocycles. The van der Waals surface area contributed by atoms with E-state index in [-0.39, 0.29) is 11.9 Å². The van der Waals surface area contributed by atoms with Crippen LogP contribution in [-0.2, 0) is 4.74 Å². The van der Waals surface area contributed by atoms with Crippen LogP contribution in [-0.4, -0.2) is 20.3 Å². The molecule has 1 fully saturated rings. The van der Waals surface area contributed by atoms with Crippen molar-refractivity contribution in [3.05, 3.63) is 34.6 Å². The van der Waals surface area contributed by atoms with Gasteiger partial charge in [-0.3, -0.25) is 0 Å². The lowest BCUT2D eigenvalue weighted by molar-refractivity contribution is 0.0397. The van der Waals surface area contributed by atoms with Crippen LogP contribution in [0.3, 0.4) is 0 Å². The van der Waals surface area contributed by atoms with Crippen LogP contribution >= 0.6 is 11.6 Å². The first kappa shape index (κ1) is 12.8. The fourth-order valence-electron chi connectivity index (χ4n) is 2.43. The first-order valence-corrected chi connectivity index (χ1v) is 6.30. The minimum absolute atomic E-state index is 0.00688. The summed E-state index contributed by atoms with van der Waals surface area (Å²) < 4.78 is 19.3. The van der Waals surface area contributed by atoms with Gasteiger partial charge in [-0.2, -0.15) is 0 Å². The molecule has 0 aliphatic carbocycles. The van der Waals surface area contributed by atoms with Crippen molar-refractivity contribution in [2.24, 2.45) is 5.92 Å². The molecule has 1 saturated heterocycles. The largest absolute Gasteiger partial charge is 0.381 e. The monoisotopic (exact) mass is 257 g/mol. The zero-order valence-corrected chi connectivity index (χ0v) is 10.6. The molecule has 0 aromatic heterocycles. The van der Waals surface area contributed by atoms with E-state index in [0.717, 1.165) is 19.4 Å². The van der Waals surface area contributed by atoms with E-state index in [0.29, 0.717) is 23.1 Å². The molecule has 1 aliphatic rings. The summed E-state index contributed by atoms with van der Waals surface area (Å²) in [6, 6.07) is 4.85. The van der Waals surface area contributed by atoms with Crippen LogP contribution in [0.4, 0.5) is 4.39 Å². The molecular formula is C13H17ClFNO. The lowest BCUT2D eigenvalue weighted by atomic mass is 9.88. The molecule has 0 saturated carbocycles. The third-order valence-electron chi connectivity index (χ3n) is 3.28. The maximum absolute atomic E-state index is 13.9. The fourth-order valence-corrected chi connectivity index (χ4v) is 2.59. The van der Waals surface area contributed by atoms with E-state index >= 15 is 0 Å². The van der Waals surface area contributed by atoms with Crippen molar-refractivity contribution in [1.82, 2.24) is 5.32 Å². The minimum atomic E-state index is -0.248. The van der Waals surface area contributed by atoms with Crippen molar-refractivity contribution >= 4 is 11.6 Å². The van der Waals surface area contributed by atoms with Gasteiger partial charge in [-0.25, -0.2) is 4.39 Å². The van der Waals surface area contributed by atoms with E-state index in [1.165, 1.54) is 6.07 Å². The number of halogens is 2. The molecule has 2 nitrogen and oxygen atoms in total. The summed E-state index contributed by atoms with van der Waals surface area (Å²) in [6.45, 7) is 1.50. The molecule has 0 spiro atoms. The van der Waals surface area contributed by atoms with Crippen molar-refractivity contribution in [2.75, 3.05) is 20.3 Å². The number of hydrogen-bond acceptors (Lipinski definition) is 2. The molecule has 4 heteroatoms. The molecule has 17 heavy (non-hydrogen) atoms. The van der Waals surface area contributed by atoms with Crippen LogP contribution in [0.15, 0.2) is 18.2 Å². The van der Waals surface area contributed by atoms with Crippen LogP contribution in [0.2, 0.25) is 5.02 Å². The van der Waals surface area contributed by atoms with Crippen LogP contribution < -0.4 is 5.32 Å². The molecule has 94 valence electrons. The minimum Gasteiger partial charge on any atom is -0.381 e. The third kappa shape index (κ3) is 2.97. The van der Waals surface area contributed by atoms with Crippen molar-refractivity contribution in [3.8, 4) is 0 Å². The van der Waals surface area contributed by atoms with Crippen molar-refractivity contribution in [1.29, 1.82) is 0 Å². The normalized spacial score (nSPS) is 22.4. The molecule has 2 rings (SSSR count). The highest BCUT2D eigenvalue weighted by Gasteiger charge is 2.26. The zero-order valence-electron chi connectivity index (χ0n) is 9.88. The van der Waals surface area contributed by atoms with Gasteiger partial charge in [-0.15, -0.1) is 0 Å². The molecule has 2 unspecified atom stereocenters. The van der Waals surface area contributed by atoms with Crippen molar-refractivity contribution in [3.63, 3.8) is 0 Å². The number of benzene rings is 1. The van der Waals surface area contributed by atoms with Gasteiger partial charge in [0.15, 0.2) is 0 Å². The summed E-state index contributed by atoms with van der Waals surface area (Å²) in [6.07, 6.45) is 2.10. The Balaban J connectivity index is 2.21. The Morgan fingerprint density at radius 3 is 2.94 bits per heavy atom. The molecule has 0 radical (unpaired) electrons. The van der Waals surface area contributed by atoms with Gasteiger partial charge in [0.05, 0.1) is 6.61 Å². The van der Waals surface area contributed by atoms with Gasteiger partial charge in [-0.1, -0.05) is 17.7 Å². The number of rotatable bonds is 3. The second-order valence-electron chi connectivity index (χ2n) is 4.41. The number of nitrogens with one attached hydrogen (secondary N) is 1. The molecule has 1 aliphatic heterocycles. The SMILES string of the molecule is CNC(c1ccc(Cl)cc1F)C1CCCOC1. The highest BCUT2D eigenvalue weighted by molar-refractivity contribution is 6.30. The second-order valence-corrected chi connectivity index (χ2v) is 4.85. The van der Waals surface area contributed by atoms with Crippen molar-refractivity contribution in [2.45, 2.75) is 18.9 Å². The fraction of sp³-hybridized carbons (Fsp3) is 0.538. The number of ether oxygens (including phenoxy) is 1. The summed E-state index contributed by atoms with van der Waals surface area (Å²) >= 11 is 5.77. The highest BCUT2D eigenvalue weighted by Crippen LogP contribution is 2.30. The smallest absolute Gasteiger partial charge is 0.129 e. The predicted octanol–water partition coefficient (Wildman–Crippen LogP) is 3.17. The lowest BCUT2D eigenvalue weighted by Crippen LogP contribution is -2.32. The maximum atomic E-state index is 13.9. The van der Waals surface area contributed by atoms with Gasteiger partial charge in [0.2, 0.25) is 0 Å². The average molecular weight is 258 g/mol. The molecule has 1 heterocycles. The Hall–Kier alpha value is -0.640. The van der Waals surface area contributed by atoms with E-state index < -0.39 is 0 Å². The Bertz CT molecular complexity index is 380. The van der Waals surface area contributed by atoms with Gasteiger partial charge >= 0.3 is 0 Å². The van der Waals surface area contributed by atoms with Gasteiger partial charge in [0.1, 0.15) is 5.82 Å². The Morgan fingerprint density at radius 2 is 2.35 bits per heavy atom. The Morgan fingerprint density at radius 1 is 1.53 bits per heavy atom. The Kier molecular flexibility index (Phi) is 4.37. The van der Waals surface area contributed by atoms with E-state index in [1.807, 2.05) is 7.05 Å².